The zero-order chi connectivity index (χ0) is 18.7. The van der Waals surface area contributed by atoms with Crippen LogP contribution in [0.25, 0.3) is 11.1 Å². The Bertz CT molecular complexity index is 802. The van der Waals surface area contributed by atoms with Crippen molar-refractivity contribution >= 4 is 12.3 Å². The molecule has 0 radical (unpaired) electrons. The molecule has 26 heavy (non-hydrogen) atoms. The van der Waals surface area contributed by atoms with E-state index in [1.165, 1.54) is 6.92 Å². The predicted molar refractivity (Wildman–Crippen MR) is 101 cm³/mol. The van der Waals surface area contributed by atoms with Crippen LogP contribution in [0.3, 0.4) is 0 Å². The summed E-state index contributed by atoms with van der Waals surface area (Å²) in [6.07, 6.45) is 3.33. The lowest BCUT2D eigenvalue weighted by atomic mass is 9.94. The third kappa shape index (κ3) is 3.96. The van der Waals surface area contributed by atoms with Crippen molar-refractivity contribution < 1.29 is 19.1 Å². The third-order valence-electron chi connectivity index (χ3n) is 4.81. The van der Waals surface area contributed by atoms with Crippen LogP contribution in [0.4, 0.5) is 0 Å². The summed E-state index contributed by atoms with van der Waals surface area (Å²) in [4.78, 5) is 22.3. The van der Waals surface area contributed by atoms with Crippen molar-refractivity contribution in [3.63, 3.8) is 0 Å². The van der Waals surface area contributed by atoms with Gasteiger partial charge in [-0.1, -0.05) is 18.2 Å². The Hall–Kier alpha value is -2.62. The molecule has 0 aromatic heterocycles. The summed E-state index contributed by atoms with van der Waals surface area (Å²) in [5, 5.41) is 0. The average molecular weight is 352 g/mol. The summed E-state index contributed by atoms with van der Waals surface area (Å²) < 4.78 is 11.5. The van der Waals surface area contributed by atoms with E-state index in [1.54, 1.807) is 6.07 Å². The van der Waals surface area contributed by atoms with Crippen LogP contribution in [-0.4, -0.2) is 24.5 Å². The minimum absolute atomic E-state index is 0.0954. The van der Waals surface area contributed by atoms with Gasteiger partial charge in [0, 0.05) is 12.5 Å². The van der Waals surface area contributed by atoms with E-state index >= 15 is 0 Å². The topological polar surface area (TPSA) is 52.6 Å². The molecule has 1 aliphatic carbocycles. The maximum Gasteiger partial charge on any atom is 0.303 e. The summed E-state index contributed by atoms with van der Waals surface area (Å²) in [6, 6.07) is 11.6. The molecule has 2 atom stereocenters. The smallest absolute Gasteiger partial charge is 0.303 e. The highest BCUT2D eigenvalue weighted by Crippen LogP contribution is 2.33. The van der Waals surface area contributed by atoms with Gasteiger partial charge < -0.3 is 9.47 Å². The van der Waals surface area contributed by atoms with Crippen LogP contribution in [0.1, 0.15) is 47.7 Å². The van der Waals surface area contributed by atoms with Gasteiger partial charge in [-0.25, -0.2) is 0 Å². The van der Waals surface area contributed by atoms with Gasteiger partial charge in [-0.15, -0.1) is 0 Å². The van der Waals surface area contributed by atoms with Crippen molar-refractivity contribution in [3.8, 4) is 16.9 Å². The van der Waals surface area contributed by atoms with Gasteiger partial charge >= 0.3 is 5.97 Å². The summed E-state index contributed by atoms with van der Waals surface area (Å²) in [7, 11) is 0. The first-order chi connectivity index (χ1) is 12.5. The van der Waals surface area contributed by atoms with Gasteiger partial charge in [-0.2, -0.15) is 0 Å². The molecule has 0 N–H and O–H groups in total. The molecule has 0 saturated heterocycles. The first-order valence-electron chi connectivity index (χ1n) is 8.98. The Morgan fingerprint density at radius 2 is 1.77 bits per heavy atom. The number of hydrogen-bond donors (Lipinski definition) is 0. The minimum atomic E-state index is -0.261. The van der Waals surface area contributed by atoms with Crippen LogP contribution in [0.2, 0.25) is 0 Å². The molecule has 1 saturated carbocycles. The van der Waals surface area contributed by atoms with E-state index in [2.05, 4.69) is 0 Å². The number of ether oxygens (including phenoxy) is 2. The number of aryl methyl sites for hydroxylation is 2. The molecular formula is C22H24O4. The Morgan fingerprint density at radius 3 is 2.42 bits per heavy atom. The molecule has 2 aromatic carbocycles. The lowest BCUT2D eigenvalue weighted by Gasteiger charge is -2.22. The van der Waals surface area contributed by atoms with Crippen LogP contribution < -0.4 is 4.74 Å². The number of hydrogen-bond acceptors (Lipinski definition) is 4. The summed E-state index contributed by atoms with van der Waals surface area (Å²) in [5.74, 6) is 0.530. The van der Waals surface area contributed by atoms with Crippen LogP contribution in [-0.2, 0) is 9.53 Å². The number of carbonyl (C=O) groups excluding carboxylic acids is 2. The Labute approximate surface area is 154 Å². The molecule has 0 bridgehead atoms. The van der Waals surface area contributed by atoms with Gasteiger partial charge in [0.25, 0.3) is 0 Å². The molecule has 136 valence electrons. The second kappa shape index (κ2) is 7.73. The first kappa shape index (κ1) is 18.2. The summed E-state index contributed by atoms with van der Waals surface area (Å²) in [6.45, 7) is 5.52. The normalized spacial score (nSPS) is 19.2. The van der Waals surface area contributed by atoms with Gasteiger partial charge in [0.15, 0.2) is 0 Å². The van der Waals surface area contributed by atoms with Crippen LogP contribution in [0.5, 0.6) is 5.75 Å². The second-order valence-corrected chi connectivity index (χ2v) is 6.91. The van der Waals surface area contributed by atoms with Gasteiger partial charge in [0.1, 0.15) is 24.2 Å². The standard InChI is InChI=1S/C22H24O4/c1-14-10-19(26-21-9-5-8-20(21)25-16(3)24)11-15(2)22(14)18-7-4-6-17(12-18)13-23/h4,6-7,10-13,20-21H,5,8-9H2,1-3H3/t20-,21-/m0/s1. The van der Waals surface area contributed by atoms with E-state index in [0.717, 1.165) is 53.6 Å². The Morgan fingerprint density at radius 1 is 1.08 bits per heavy atom. The molecule has 0 spiro atoms. The van der Waals surface area contributed by atoms with Crippen LogP contribution in [0, 0.1) is 13.8 Å². The Balaban J connectivity index is 1.85. The molecule has 1 fully saturated rings. The number of benzene rings is 2. The fraction of sp³-hybridized carbons (Fsp3) is 0.364. The fourth-order valence-electron chi connectivity index (χ4n) is 3.76. The van der Waals surface area contributed by atoms with E-state index in [-0.39, 0.29) is 18.2 Å². The quantitative estimate of drug-likeness (QED) is 0.581. The Kier molecular flexibility index (Phi) is 5.40. The lowest BCUT2D eigenvalue weighted by molar-refractivity contribution is -0.149. The highest BCUT2D eigenvalue weighted by atomic mass is 16.6. The van der Waals surface area contributed by atoms with Crippen LogP contribution in [0.15, 0.2) is 36.4 Å². The SMILES string of the molecule is CC(=O)O[C@H]1CCC[C@@H]1Oc1cc(C)c(-c2cccc(C=O)c2)c(C)c1. The monoisotopic (exact) mass is 352 g/mol. The first-order valence-corrected chi connectivity index (χ1v) is 8.98. The van der Waals surface area contributed by atoms with Crippen LogP contribution >= 0.6 is 0 Å². The molecule has 0 unspecified atom stereocenters. The molecule has 4 nitrogen and oxygen atoms in total. The minimum Gasteiger partial charge on any atom is -0.487 e. The van der Waals surface area contributed by atoms with Crippen molar-refractivity contribution in [2.24, 2.45) is 0 Å². The number of aldehydes is 1. The maximum absolute atomic E-state index is 11.3. The molecule has 1 aliphatic rings. The van der Waals surface area contributed by atoms with E-state index < -0.39 is 0 Å². The molecule has 0 aliphatic heterocycles. The summed E-state index contributed by atoms with van der Waals surface area (Å²) >= 11 is 0. The number of carbonyl (C=O) groups is 2. The van der Waals surface area contributed by atoms with E-state index in [4.69, 9.17) is 9.47 Å². The van der Waals surface area contributed by atoms with Crippen molar-refractivity contribution in [2.45, 2.75) is 52.2 Å². The van der Waals surface area contributed by atoms with E-state index in [0.29, 0.717) is 5.56 Å². The molecule has 4 heteroatoms. The average Bonchev–Trinajstić information content (AvgIpc) is 3.00. The third-order valence-corrected chi connectivity index (χ3v) is 4.81. The highest BCUT2D eigenvalue weighted by Gasteiger charge is 2.31. The molecule has 0 heterocycles. The van der Waals surface area contributed by atoms with E-state index in [1.807, 2.05) is 44.2 Å². The fourth-order valence-corrected chi connectivity index (χ4v) is 3.76. The second-order valence-electron chi connectivity index (χ2n) is 6.91. The predicted octanol–water partition coefficient (Wildman–Crippen LogP) is 4.65. The van der Waals surface area contributed by atoms with Crippen molar-refractivity contribution in [1.29, 1.82) is 0 Å². The van der Waals surface area contributed by atoms with Gasteiger partial charge in [0.05, 0.1) is 0 Å². The zero-order valence-electron chi connectivity index (χ0n) is 15.5. The number of esters is 1. The highest BCUT2D eigenvalue weighted by molar-refractivity contribution is 5.80. The summed E-state index contributed by atoms with van der Waals surface area (Å²) in [5.41, 5.74) is 4.98. The maximum atomic E-state index is 11.3. The van der Waals surface area contributed by atoms with E-state index in [9.17, 15) is 9.59 Å². The largest absolute Gasteiger partial charge is 0.487 e. The van der Waals surface area contributed by atoms with Crippen molar-refractivity contribution in [2.75, 3.05) is 0 Å². The van der Waals surface area contributed by atoms with Gasteiger partial charge in [0.2, 0.25) is 0 Å². The van der Waals surface area contributed by atoms with Crippen molar-refractivity contribution in [1.82, 2.24) is 0 Å². The lowest BCUT2D eigenvalue weighted by Crippen LogP contribution is -2.30. The zero-order valence-corrected chi connectivity index (χ0v) is 15.5. The van der Waals surface area contributed by atoms with Gasteiger partial charge in [-0.05, 0) is 73.6 Å². The van der Waals surface area contributed by atoms with Crippen molar-refractivity contribution in [3.05, 3.63) is 53.1 Å². The molecule has 3 rings (SSSR count). The number of rotatable bonds is 5. The molecule has 0 amide bonds. The molecule has 2 aromatic rings. The van der Waals surface area contributed by atoms with Gasteiger partial charge in [-0.3, -0.25) is 9.59 Å². The molecular weight excluding hydrogens is 328 g/mol.